The number of alkyl halides is 2. The quantitative estimate of drug-likeness (QED) is 0.597. The van der Waals surface area contributed by atoms with E-state index in [0.29, 0.717) is 45.4 Å². The zero-order valence-corrected chi connectivity index (χ0v) is 15.0. The Labute approximate surface area is 157 Å². The Morgan fingerprint density at radius 3 is 2.63 bits per heavy atom. The molecule has 27 heavy (non-hydrogen) atoms. The summed E-state index contributed by atoms with van der Waals surface area (Å²) < 4.78 is 35.2. The van der Waals surface area contributed by atoms with Gasteiger partial charge in [0.15, 0.2) is 6.61 Å². The molecule has 0 radical (unpaired) electrons. The Morgan fingerprint density at radius 1 is 1.22 bits per heavy atom. The van der Waals surface area contributed by atoms with E-state index in [4.69, 9.17) is 9.26 Å². The molecule has 1 N–H and O–H groups in total. The van der Waals surface area contributed by atoms with Crippen molar-refractivity contribution in [3.05, 3.63) is 65.8 Å². The van der Waals surface area contributed by atoms with Crippen LogP contribution in [0.2, 0.25) is 0 Å². The average molecular weight is 391 g/mol. The predicted octanol–water partition coefficient (Wildman–Crippen LogP) is 4.52. The van der Waals surface area contributed by atoms with Gasteiger partial charge in [-0.05, 0) is 36.4 Å². The summed E-state index contributed by atoms with van der Waals surface area (Å²) in [6.45, 7) is 1.73. The zero-order valence-electron chi connectivity index (χ0n) is 14.2. The molecule has 0 spiro atoms. The van der Waals surface area contributed by atoms with Gasteiger partial charge in [0.1, 0.15) is 5.75 Å². The van der Waals surface area contributed by atoms with Crippen molar-refractivity contribution in [3.8, 4) is 5.75 Å². The fourth-order valence-corrected chi connectivity index (χ4v) is 2.74. The van der Waals surface area contributed by atoms with Crippen LogP contribution in [0.4, 0.5) is 14.5 Å². The highest BCUT2D eigenvalue weighted by Crippen LogP contribution is 2.27. The topological polar surface area (TPSA) is 77.2 Å². The second-order valence-electron chi connectivity index (χ2n) is 5.37. The minimum Gasteiger partial charge on any atom is -0.485 e. The van der Waals surface area contributed by atoms with Gasteiger partial charge in [-0.15, -0.1) is 0 Å². The molecule has 0 aliphatic carbocycles. The second kappa shape index (κ2) is 8.63. The molecule has 3 rings (SSSR count). The van der Waals surface area contributed by atoms with Crippen molar-refractivity contribution in [1.82, 2.24) is 10.1 Å². The predicted molar refractivity (Wildman–Crippen MR) is 96.1 cm³/mol. The molecule has 140 valence electrons. The van der Waals surface area contributed by atoms with Gasteiger partial charge in [-0.2, -0.15) is 13.8 Å². The summed E-state index contributed by atoms with van der Waals surface area (Å²) in [7, 11) is 0. The molecule has 0 aliphatic rings. The maximum Gasteiger partial charge on any atom is 0.288 e. The van der Waals surface area contributed by atoms with Gasteiger partial charge in [-0.1, -0.05) is 29.1 Å². The number of hydrogen-bond acceptors (Lipinski definition) is 6. The van der Waals surface area contributed by atoms with Gasteiger partial charge in [0, 0.05) is 17.5 Å². The van der Waals surface area contributed by atoms with Crippen LogP contribution in [0, 0.1) is 6.92 Å². The maximum atomic E-state index is 12.5. The molecule has 1 amide bonds. The fourth-order valence-electron chi connectivity index (χ4n) is 2.24. The van der Waals surface area contributed by atoms with E-state index >= 15 is 0 Å². The van der Waals surface area contributed by atoms with Crippen LogP contribution in [0.15, 0.2) is 57.9 Å². The van der Waals surface area contributed by atoms with Gasteiger partial charge in [0.2, 0.25) is 11.7 Å². The molecule has 6 nitrogen and oxygen atoms in total. The SMILES string of the molecule is Cc1nc(COc2ccccc2C(=O)Nc2ccc(SC(F)F)cc2)no1. The zero-order chi connectivity index (χ0) is 19.2. The fraction of sp³-hybridized carbons (Fsp3) is 0.167. The minimum absolute atomic E-state index is 0.0567. The van der Waals surface area contributed by atoms with Gasteiger partial charge in [-0.3, -0.25) is 4.79 Å². The number of ether oxygens (including phenoxy) is 1. The highest BCUT2D eigenvalue weighted by molar-refractivity contribution is 7.99. The van der Waals surface area contributed by atoms with E-state index in [-0.39, 0.29) is 12.5 Å². The van der Waals surface area contributed by atoms with Crippen molar-refractivity contribution in [2.45, 2.75) is 24.2 Å². The number of nitrogens with one attached hydrogen (secondary N) is 1. The van der Waals surface area contributed by atoms with E-state index in [0.717, 1.165) is 0 Å². The molecule has 0 atom stereocenters. The number of para-hydroxylation sites is 1. The molecular formula is C18H15F2N3O3S. The van der Waals surface area contributed by atoms with Crippen LogP contribution in [0.25, 0.3) is 0 Å². The van der Waals surface area contributed by atoms with Gasteiger partial charge < -0.3 is 14.6 Å². The van der Waals surface area contributed by atoms with Crippen molar-refractivity contribution in [1.29, 1.82) is 0 Å². The van der Waals surface area contributed by atoms with Gasteiger partial charge in [0.25, 0.3) is 11.7 Å². The van der Waals surface area contributed by atoms with Gasteiger partial charge in [0.05, 0.1) is 5.56 Å². The number of aryl methyl sites for hydroxylation is 1. The molecule has 0 saturated heterocycles. The number of amides is 1. The van der Waals surface area contributed by atoms with Crippen molar-refractivity contribution in [3.63, 3.8) is 0 Å². The lowest BCUT2D eigenvalue weighted by Gasteiger charge is -2.11. The van der Waals surface area contributed by atoms with Crippen molar-refractivity contribution < 1.29 is 22.8 Å². The molecule has 0 aliphatic heterocycles. The number of nitrogens with zero attached hydrogens (tertiary/aromatic N) is 2. The first kappa shape index (κ1) is 18.8. The van der Waals surface area contributed by atoms with E-state index in [1.54, 1.807) is 43.3 Å². The number of carbonyl (C=O) groups is 1. The Kier molecular flexibility index (Phi) is 6.02. The van der Waals surface area contributed by atoms with E-state index in [2.05, 4.69) is 15.5 Å². The van der Waals surface area contributed by atoms with E-state index in [1.807, 2.05) is 0 Å². The Balaban J connectivity index is 1.67. The summed E-state index contributed by atoms with van der Waals surface area (Å²) in [5, 5.41) is 6.45. The smallest absolute Gasteiger partial charge is 0.288 e. The van der Waals surface area contributed by atoms with Crippen LogP contribution < -0.4 is 10.1 Å². The van der Waals surface area contributed by atoms with E-state index < -0.39 is 5.76 Å². The number of benzene rings is 2. The van der Waals surface area contributed by atoms with E-state index in [1.165, 1.54) is 12.1 Å². The molecule has 1 heterocycles. The number of halogens is 2. The second-order valence-corrected chi connectivity index (χ2v) is 6.43. The first-order chi connectivity index (χ1) is 13.0. The number of rotatable bonds is 7. The number of carbonyl (C=O) groups excluding carboxylic acids is 1. The first-order valence-corrected chi connectivity index (χ1v) is 8.76. The molecule has 0 unspecified atom stereocenters. The van der Waals surface area contributed by atoms with Crippen LogP contribution in [-0.2, 0) is 6.61 Å². The lowest BCUT2D eigenvalue weighted by atomic mass is 10.2. The summed E-state index contributed by atoms with van der Waals surface area (Å²) in [5.74, 6) is -1.72. The maximum absolute atomic E-state index is 12.5. The van der Waals surface area contributed by atoms with Crippen LogP contribution in [-0.4, -0.2) is 21.8 Å². The minimum atomic E-state index is -2.49. The molecule has 3 aromatic rings. The lowest BCUT2D eigenvalue weighted by molar-refractivity contribution is 0.102. The van der Waals surface area contributed by atoms with E-state index in [9.17, 15) is 13.6 Å². The van der Waals surface area contributed by atoms with Crippen LogP contribution in [0.1, 0.15) is 22.1 Å². The van der Waals surface area contributed by atoms with Crippen molar-refractivity contribution in [2.24, 2.45) is 0 Å². The molecule has 0 saturated carbocycles. The molecule has 1 aromatic heterocycles. The average Bonchev–Trinajstić information content (AvgIpc) is 3.07. The number of aromatic nitrogens is 2. The lowest BCUT2D eigenvalue weighted by Crippen LogP contribution is -2.13. The normalized spacial score (nSPS) is 10.8. The highest BCUT2D eigenvalue weighted by atomic mass is 32.2. The highest BCUT2D eigenvalue weighted by Gasteiger charge is 2.14. The number of thioether (sulfide) groups is 1. The standard InChI is InChI=1S/C18H15F2N3O3S/c1-11-21-16(23-26-11)10-25-15-5-3-2-4-14(15)17(24)22-12-6-8-13(9-7-12)27-18(19)20/h2-9,18H,10H2,1H3,(H,22,24). The van der Waals surface area contributed by atoms with Crippen molar-refractivity contribution >= 4 is 23.4 Å². The van der Waals surface area contributed by atoms with Gasteiger partial charge in [-0.25, -0.2) is 0 Å². The molecule has 0 bridgehead atoms. The summed E-state index contributed by atoms with van der Waals surface area (Å²) in [6.07, 6.45) is 0. The van der Waals surface area contributed by atoms with Crippen LogP contribution in [0.5, 0.6) is 5.75 Å². The summed E-state index contributed by atoms with van der Waals surface area (Å²) >= 11 is 0.446. The van der Waals surface area contributed by atoms with Crippen molar-refractivity contribution in [2.75, 3.05) is 5.32 Å². The first-order valence-electron chi connectivity index (χ1n) is 7.88. The third-order valence-corrected chi connectivity index (χ3v) is 4.12. The summed E-state index contributed by atoms with van der Waals surface area (Å²) in [6, 6.07) is 12.9. The Hall–Kier alpha value is -2.94. The molecule has 9 heteroatoms. The molecule has 0 fully saturated rings. The molecular weight excluding hydrogens is 376 g/mol. The van der Waals surface area contributed by atoms with Crippen LogP contribution >= 0.6 is 11.8 Å². The monoisotopic (exact) mass is 391 g/mol. The Morgan fingerprint density at radius 2 is 1.96 bits per heavy atom. The number of anilines is 1. The summed E-state index contributed by atoms with van der Waals surface area (Å²) in [5.41, 5.74) is 0.811. The summed E-state index contributed by atoms with van der Waals surface area (Å²) in [4.78, 5) is 17.0. The third kappa shape index (κ3) is 5.27. The largest absolute Gasteiger partial charge is 0.485 e. The molecule has 2 aromatic carbocycles. The Bertz CT molecular complexity index is 916. The number of hydrogen-bond donors (Lipinski definition) is 1. The third-order valence-electron chi connectivity index (χ3n) is 3.40. The van der Waals surface area contributed by atoms with Crippen LogP contribution in [0.3, 0.4) is 0 Å². The van der Waals surface area contributed by atoms with Gasteiger partial charge >= 0.3 is 0 Å².